The molecule has 2 amide bonds. The molecule has 0 rings (SSSR count). The number of amides is 2. The monoisotopic (exact) mass is 269 g/mol. The first-order chi connectivity index (χ1) is 8.84. The van der Waals surface area contributed by atoms with Crippen molar-refractivity contribution < 1.29 is 14.7 Å². The van der Waals surface area contributed by atoms with Crippen LogP contribution in [0.1, 0.15) is 40.5 Å². The zero-order valence-corrected chi connectivity index (χ0v) is 12.0. The molecule has 0 aliphatic carbocycles. The Morgan fingerprint density at radius 1 is 1.37 bits per heavy atom. The topological polar surface area (TPSA) is 93.4 Å². The molecule has 0 spiro atoms. The van der Waals surface area contributed by atoms with Crippen LogP contribution in [0.2, 0.25) is 0 Å². The highest BCUT2D eigenvalue weighted by Gasteiger charge is 2.28. The van der Waals surface area contributed by atoms with E-state index in [2.05, 4.69) is 5.32 Å². The maximum atomic E-state index is 12.1. The van der Waals surface area contributed by atoms with Gasteiger partial charge in [-0.05, 0) is 19.8 Å². The lowest BCUT2D eigenvalue weighted by atomic mass is 9.99. The van der Waals surface area contributed by atoms with Crippen molar-refractivity contribution in [3.63, 3.8) is 0 Å². The molecule has 2 atom stereocenters. The number of carboxylic acid groups (broad SMARTS) is 1. The number of carboxylic acids is 1. The number of nitriles is 1. The summed E-state index contributed by atoms with van der Waals surface area (Å²) in [5.74, 6) is -1.18. The van der Waals surface area contributed by atoms with E-state index in [0.29, 0.717) is 13.0 Å². The second kappa shape index (κ2) is 8.35. The van der Waals surface area contributed by atoms with Gasteiger partial charge < -0.3 is 15.3 Å². The SMILES string of the molecule is CCC(C)C(NC(=O)N(CCC#N)C(C)C)C(=O)O. The van der Waals surface area contributed by atoms with Gasteiger partial charge in [-0.1, -0.05) is 20.3 Å². The summed E-state index contributed by atoms with van der Waals surface area (Å²) in [6, 6.07) is 0.562. The minimum absolute atomic E-state index is 0.0836. The molecular weight excluding hydrogens is 246 g/mol. The van der Waals surface area contributed by atoms with E-state index in [1.54, 1.807) is 6.92 Å². The van der Waals surface area contributed by atoms with Crippen molar-refractivity contribution in [3.05, 3.63) is 0 Å². The molecule has 0 saturated carbocycles. The molecule has 0 aliphatic heterocycles. The molecule has 0 bridgehead atoms. The predicted molar refractivity (Wildman–Crippen MR) is 71.5 cm³/mol. The molecule has 0 heterocycles. The van der Waals surface area contributed by atoms with Crippen LogP contribution in [0.25, 0.3) is 0 Å². The number of carbonyl (C=O) groups excluding carboxylic acids is 1. The summed E-state index contributed by atoms with van der Waals surface area (Å²) in [5.41, 5.74) is 0. The van der Waals surface area contributed by atoms with Crippen molar-refractivity contribution in [3.8, 4) is 6.07 Å². The quantitative estimate of drug-likeness (QED) is 0.737. The Balaban J connectivity index is 4.76. The third kappa shape index (κ3) is 5.60. The lowest BCUT2D eigenvalue weighted by Gasteiger charge is -2.29. The van der Waals surface area contributed by atoms with Gasteiger partial charge in [-0.2, -0.15) is 5.26 Å². The molecular formula is C13H23N3O3. The van der Waals surface area contributed by atoms with Crippen LogP contribution in [0.4, 0.5) is 4.79 Å². The van der Waals surface area contributed by atoms with Gasteiger partial charge >= 0.3 is 12.0 Å². The zero-order chi connectivity index (χ0) is 15.0. The van der Waals surface area contributed by atoms with Crippen LogP contribution in [-0.4, -0.2) is 40.6 Å². The molecule has 108 valence electrons. The maximum absolute atomic E-state index is 12.1. The third-order valence-corrected chi connectivity index (χ3v) is 3.11. The summed E-state index contributed by atoms with van der Waals surface area (Å²) in [6.45, 7) is 7.62. The first-order valence-corrected chi connectivity index (χ1v) is 6.52. The summed E-state index contributed by atoms with van der Waals surface area (Å²) in [5, 5.41) is 20.2. The fraction of sp³-hybridized carbons (Fsp3) is 0.769. The molecule has 0 aliphatic rings. The van der Waals surface area contributed by atoms with Crippen molar-refractivity contribution in [2.75, 3.05) is 6.54 Å². The Labute approximate surface area is 114 Å². The molecule has 0 aromatic rings. The Kier molecular flexibility index (Phi) is 7.57. The number of aliphatic carboxylic acids is 1. The molecule has 19 heavy (non-hydrogen) atoms. The van der Waals surface area contributed by atoms with Gasteiger partial charge in [-0.3, -0.25) is 0 Å². The van der Waals surface area contributed by atoms with Crippen molar-refractivity contribution >= 4 is 12.0 Å². The summed E-state index contributed by atoms with van der Waals surface area (Å²) in [6.07, 6.45) is 0.893. The number of rotatable bonds is 7. The second-order valence-electron chi connectivity index (χ2n) is 4.85. The summed E-state index contributed by atoms with van der Waals surface area (Å²) < 4.78 is 0. The Morgan fingerprint density at radius 2 is 1.95 bits per heavy atom. The molecule has 0 aromatic carbocycles. The van der Waals surface area contributed by atoms with Crippen LogP contribution in [-0.2, 0) is 4.79 Å². The highest BCUT2D eigenvalue weighted by molar-refractivity contribution is 5.82. The molecule has 2 N–H and O–H groups in total. The first-order valence-electron chi connectivity index (χ1n) is 6.52. The minimum atomic E-state index is -1.04. The number of nitrogens with one attached hydrogen (secondary N) is 1. The average molecular weight is 269 g/mol. The number of urea groups is 1. The fourth-order valence-corrected chi connectivity index (χ4v) is 1.66. The fourth-order valence-electron chi connectivity index (χ4n) is 1.66. The van der Waals surface area contributed by atoms with Crippen LogP contribution in [0.5, 0.6) is 0 Å². The second-order valence-corrected chi connectivity index (χ2v) is 4.85. The van der Waals surface area contributed by atoms with Crippen molar-refractivity contribution in [1.29, 1.82) is 5.26 Å². The van der Waals surface area contributed by atoms with Gasteiger partial charge in [-0.15, -0.1) is 0 Å². The normalized spacial score (nSPS) is 13.5. The van der Waals surface area contributed by atoms with Crippen LogP contribution in [0, 0.1) is 17.2 Å². The lowest BCUT2D eigenvalue weighted by molar-refractivity contribution is -0.140. The third-order valence-electron chi connectivity index (χ3n) is 3.11. The van der Waals surface area contributed by atoms with Gasteiger partial charge in [0.15, 0.2) is 0 Å². The van der Waals surface area contributed by atoms with E-state index in [4.69, 9.17) is 10.4 Å². The molecule has 6 nitrogen and oxygen atoms in total. The maximum Gasteiger partial charge on any atom is 0.326 e. The predicted octanol–water partition coefficient (Wildman–Crippen LogP) is 1.82. The van der Waals surface area contributed by atoms with Crippen molar-refractivity contribution in [2.45, 2.75) is 52.6 Å². The highest BCUT2D eigenvalue weighted by Crippen LogP contribution is 2.09. The number of hydrogen-bond acceptors (Lipinski definition) is 3. The van der Waals surface area contributed by atoms with E-state index in [9.17, 15) is 9.59 Å². The standard InChI is InChI=1S/C13H23N3O3/c1-5-10(4)11(12(17)18)15-13(19)16(9(2)3)8-6-7-14/h9-11H,5-6,8H2,1-4H3,(H,15,19)(H,17,18). The minimum Gasteiger partial charge on any atom is -0.480 e. The zero-order valence-electron chi connectivity index (χ0n) is 12.0. The van der Waals surface area contributed by atoms with Gasteiger partial charge in [0.05, 0.1) is 12.5 Å². The van der Waals surface area contributed by atoms with E-state index < -0.39 is 18.0 Å². The van der Waals surface area contributed by atoms with Gasteiger partial charge in [0.1, 0.15) is 6.04 Å². The van der Waals surface area contributed by atoms with E-state index in [-0.39, 0.29) is 18.4 Å². The van der Waals surface area contributed by atoms with Gasteiger partial charge in [0.2, 0.25) is 0 Å². The van der Waals surface area contributed by atoms with E-state index in [0.717, 1.165) is 0 Å². The van der Waals surface area contributed by atoms with Crippen LogP contribution in [0.15, 0.2) is 0 Å². The highest BCUT2D eigenvalue weighted by atomic mass is 16.4. The van der Waals surface area contributed by atoms with Gasteiger partial charge in [0, 0.05) is 12.6 Å². The van der Waals surface area contributed by atoms with Gasteiger partial charge in [0.25, 0.3) is 0 Å². The van der Waals surface area contributed by atoms with E-state index in [1.807, 2.05) is 26.8 Å². The van der Waals surface area contributed by atoms with Crippen molar-refractivity contribution in [1.82, 2.24) is 10.2 Å². The number of hydrogen-bond donors (Lipinski definition) is 2. The summed E-state index contributed by atoms with van der Waals surface area (Å²) >= 11 is 0. The van der Waals surface area contributed by atoms with E-state index in [1.165, 1.54) is 4.90 Å². The lowest BCUT2D eigenvalue weighted by Crippen LogP contribution is -2.52. The van der Waals surface area contributed by atoms with Crippen molar-refractivity contribution in [2.24, 2.45) is 5.92 Å². The van der Waals surface area contributed by atoms with Crippen LogP contribution < -0.4 is 5.32 Å². The van der Waals surface area contributed by atoms with Crippen LogP contribution >= 0.6 is 0 Å². The Bertz CT molecular complexity index is 350. The molecule has 0 aromatic heterocycles. The molecule has 2 unspecified atom stereocenters. The molecule has 0 radical (unpaired) electrons. The average Bonchev–Trinajstić information content (AvgIpc) is 2.34. The molecule has 6 heteroatoms. The summed E-state index contributed by atoms with van der Waals surface area (Å²) in [4.78, 5) is 24.7. The largest absolute Gasteiger partial charge is 0.480 e. The number of carbonyl (C=O) groups is 2. The smallest absolute Gasteiger partial charge is 0.326 e. The van der Waals surface area contributed by atoms with Gasteiger partial charge in [-0.25, -0.2) is 9.59 Å². The summed E-state index contributed by atoms with van der Waals surface area (Å²) in [7, 11) is 0. The Morgan fingerprint density at radius 3 is 2.32 bits per heavy atom. The molecule has 0 fully saturated rings. The van der Waals surface area contributed by atoms with E-state index >= 15 is 0 Å². The first kappa shape index (κ1) is 17.2. The van der Waals surface area contributed by atoms with Crippen LogP contribution in [0.3, 0.4) is 0 Å². The number of nitrogens with zero attached hydrogens (tertiary/aromatic N) is 2. The molecule has 0 saturated heterocycles. The Hall–Kier alpha value is -1.77.